The number of carboxylic acid groups (broad SMARTS) is 1. The fourth-order valence-electron chi connectivity index (χ4n) is 1.84. The molecule has 0 bridgehead atoms. The second kappa shape index (κ2) is 5.51. The Bertz CT molecular complexity index is 606. The van der Waals surface area contributed by atoms with Gasteiger partial charge in [-0.05, 0) is 18.6 Å². The number of pyridine rings is 1. The van der Waals surface area contributed by atoms with Crippen LogP contribution in [0.25, 0.3) is 5.52 Å². The van der Waals surface area contributed by atoms with Crippen molar-refractivity contribution < 1.29 is 14.7 Å². The molecule has 1 atom stereocenters. The van der Waals surface area contributed by atoms with Gasteiger partial charge in [-0.25, -0.2) is 9.78 Å². The number of hydrogen-bond donors (Lipinski definition) is 2. The summed E-state index contributed by atoms with van der Waals surface area (Å²) in [7, 11) is 0. The summed E-state index contributed by atoms with van der Waals surface area (Å²) in [6.45, 7) is 1.87. The van der Waals surface area contributed by atoms with Crippen LogP contribution >= 0.6 is 0 Å². The van der Waals surface area contributed by atoms with Crippen molar-refractivity contribution in [2.24, 2.45) is 0 Å². The Kier molecular flexibility index (Phi) is 3.79. The van der Waals surface area contributed by atoms with Gasteiger partial charge in [0.05, 0.1) is 23.6 Å². The van der Waals surface area contributed by atoms with Gasteiger partial charge < -0.3 is 14.8 Å². The van der Waals surface area contributed by atoms with Gasteiger partial charge >= 0.3 is 5.97 Å². The van der Waals surface area contributed by atoms with Crippen LogP contribution in [0.15, 0.2) is 30.9 Å². The molecule has 2 heterocycles. The molecule has 0 aromatic carbocycles. The third kappa shape index (κ3) is 2.90. The smallest absolute Gasteiger partial charge is 0.326 e. The first-order chi connectivity index (χ1) is 9.11. The standard InChI is InChI=1S/C13H15N3O3/c1-2-3-11(13(18)19)15-12(17)9-4-5-10-6-14-8-16(10)7-9/h4-8,11H,2-3H2,1H3,(H,15,17)(H,18,19). The number of rotatable bonds is 5. The molecule has 1 unspecified atom stereocenters. The van der Waals surface area contributed by atoms with E-state index in [1.54, 1.807) is 35.3 Å². The Hall–Kier alpha value is -2.37. The van der Waals surface area contributed by atoms with Crippen LogP contribution in [0.3, 0.4) is 0 Å². The highest BCUT2D eigenvalue weighted by Gasteiger charge is 2.19. The number of carboxylic acids is 1. The maximum atomic E-state index is 12.0. The van der Waals surface area contributed by atoms with Crippen LogP contribution in [0.4, 0.5) is 0 Å². The Morgan fingerprint density at radius 2 is 2.26 bits per heavy atom. The summed E-state index contributed by atoms with van der Waals surface area (Å²) in [4.78, 5) is 26.9. The van der Waals surface area contributed by atoms with E-state index in [-0.39, 0.29) is 0 Å². The van der Waals surface area contributed by atoms with E-state index < -0.39 is 17.9 Å². The molecule has 2 aromatic rings. The van der Waals surface area contributed by atoms with Crippen molar-refractivity contribution in [1.29, 1.82) is 0 Å². The minimum absolute atomic E-state index is 0.392. The number of nitrogens with one attached hydrogen (secondary N) is 1. The minimum atomic E-state index is -1.01. The van der Waals surface area contributed by atoms with Gasteiger partial charge in [0, 0.05) is 6.20 Å². The van der Waals surface area contributed by atoms with Crippen LogP contribution in [-0.4, -0.2) is 32.4 Å². The first-order valence-corrected chi connectivity index (χ1v) is 6.07. The lowest BCUT2D eigenvalue weighted by Gasteiger charge is -2.13. The number of imidazole rings is 1. The summed E-state index contributed by atoms with van der Waals surface area (Å²) in [6.07, 6.45) is 6.00. The normalized spacial score (nSPS) is 12.3. The molecule has 0 fully saturated rings. The number of carbonyl (C=O) groups excluding carboxylic acids is 1. The van der Waals surface area contributed by atoms with E-state index in [9.17, 15) is 9.59 Å². The van der Waals surface area contributed by atoms with Crippen molar-refractivity contribution in [2.75, 3.05) is 0 Å². The maximum Gasteiger partial charge on any atom is 0.326 e. The van der Waals surface area contributed by atoms with Gasteiger partial charge in [0.1, 0.15) is 6.04 Å². The zero-order chi connectivity index (χ0) is 13.8. The molecule has 0 aliphatic carbocycles. The Morgan fingerprint density at radius 3 is 2.95 bits per heavy atom. The van der Waals surface area contributed by atoms with E-state index >= 15 is 0 Å². The molecular formula is C13H15N3O3. The predicted molar refractivity (Wildman–Crippen MR) is 69.0 cm³/mol. The summed E-state index contributed by atoms with van der Waals surface area (Å²) >= 11 is 0. The third-order valence-corrected chi connectivity index (χ3v) is 2.85. The summed E-state index contributed by atoms with van der Waals surface area (Å²) in [5.41, 5.74) is 1.28. The quantitative estimate of drug-likeness (QED) is 0.850. The zero-order valence-corrected chi connectivity index (χ0v) is 10.5. The molecule has 2 rings (SSSR count). The van der Waals surface area contributed by atoms with Crippen LogP contribution in [0.2, 0.25) is 0 Å². The second-order valence-corrected chi connectivity index (χ2v) is 4.30. The lowest BCUT2D eigenvalue weighted by atomic mass is 10.1. The summed E-state index contributed by atoms with van der Waals surface area (Å²) in [5, 5.41) is 11.5. The summed E-state index contributed by atoms with van der Waals surface area (Å²) in [6, 6.07) is 2.56. The highest BCUT2D eigenvalue weighted by atomic mass is 16.4. The Morgan fingerprint density at radius 1 is 1.47 bits per heavy atom. The van der Waals surface area contributed by atoms with E-state index in [1.165, 1.54) is 0 Å². The van der Waals surface area contributed by atoms with Gasteiger partial charge in [-0.3, -0.25) is 4.79 Å². The first-order valence-electron chi connectivity index (χ1n) is 6.07. The van der Waals surface area contributed by atoms with Crippen LogP contribution < -0.4 is 5.32 Å². The molecular weight excluding hydrogens is 246 g/mol. The van der Waals surface area contributed by atoms with Crippen LogP contribution in [0.1, 0.15) is 30.1 Å². The molecule has 19 heavy (non-hydrogen) atoms. The van der Waals surface area contributed by atoms with E-state index in [0.29, 0.717) is 18.4 Å². The van der Waals surface area contributed by atoms with Crippen molar-refractivity contribution in [3.05, 3.63) is 36.4 Å². The van der Waals surface area contributed by atoms with Crippen LogP contribution in [0.5, 0.6) is 0 Å². The topological polar surface area (TPSA) is 83.7 Å². The van der Waals surface area contributed by atoms with Gasteiger partial charge in [-0.15, -0.1) is 0 Å². The largest absolute Gasteiger partial charge is 0.480 e. The van der Waals surface area contributed by atoms with Gasteiger partial charge in [0.15, 0.2) is 0 Å². The molecule has 6 heteroatoms. The molecule has 0 radical (unpaired) electrons. The third-order valence-electron chi connectivity index (χ3n) is 2.85. The second-order valence-electron chi connectivity index (χ2n) is 4.30. The fraction of sp³-hybridized carbons (Fsp3) is 0.308. The van der Waals surface area contributed by atoms with Crippen molar-refractivity contribution >= 4 is 17.4 Å². The van der Waals surface area contributed by atoms with Crippen molar-refractivity contribution in [3.8, 4) is 0 Å². The number of amides is 1. The van der Waals surface area contributed by atoms with Gasteiger partial charge in [-0.2, -0.15) is 0 Å². The summed E-state index contributed by atoms with van der Waals surface area (Å²) < 4.78 is 1.71. The number of aliphatic carboxylic acids is 1. The average Bonchev–Trinajstić information content (AvgIpc) is 2.85. The average molecular weight is 261 g/mol. The van der Waals surface area contributed by atoms with E-state index in [4.69, 9.17) is 5.11 Å². The number of aromatic nitrogens is 2. The lowest BCUT2D eigenvalue weighted by molar-refractivity contribution is -0.139. The number of hydrogen-bond acceptors (Lipinski definition) is 3. The molecule has 0 aliphatic heterocycles. The van der Waals surface area contributed by atoms with Crippen molar-refractivity contribution in [1.82, 2.24) is 14.7 Å². The molecule has 2 N–H and O–H groups in total. The molecule has 6 nitrogen and oxygen atoms in total. The minimum Gasteiger partial charge on any atom is -0.480 e. The predicted octanol–water partition coefficient (Wildman–Crippen LogP) is 1.32. The first kappa shape index (κ1) is 13.1. The van der Waals surface area contributed by atoms with Gasteiger partial charge in [0.2, 0.25) is 0 Å². The van der Waals surface area contributed by atoms with Crippen LogP contribution in [-0.2, 0) is 4.79 Å². The highest BCUT2D eigenvalue weighted by Crippen LogP contribution is 2.07. The lowest BCUT2D eigenvalue weighted by Crippen LogP contribution is -2.40. The number of nitrogens with zero attached hydrogens (tertiary/aromatic N) is 2. The summed E-state index contributed by atoms with van der Waals surface area (Å²) in [5.74, 6) is -1.41. The fourth-order valence-corrected chi connectivity index (χ4v) is 1.84. The monoisotopic (exact) mass is 261 g/mol. The maximum absolute atomic E-state index is 12.0. The zero-order valence-electron chi connectivity index (χ0n) is 10.5. The molecule has 1 amide bonds. The Labute approximate surface area is 110 Å². The molecule has 0 spiro atoms. The van der Waals surface area contributed by atoms with Crippen molar-refractivity contribution in [2.45, 2.75) is 25.8 Å². The van der Waals surface area contributed by atoms with Gasteiger partial charge in [-0.1, -0.05) is 13.3 Å². The van der Waals surface area contributed by atoms with Crippen molar-refractivity contribution in [3.63, 3.8) is 0 Å². The Balaban J connectivity index is 2.16. The van der Waals surface area contributed by atoms with Gasteiger partial charge in [0.25, 0.3) is 5.91 Å². The molecule has 0 aliphatic rings. The van der Waals surface area contributed by atoms with E-state index in [1.807, 2.05) is 6.92 Å². The SMILES string of the molecule is CCCC(NC(=O)c1ccc2cncn2c1)C(=O)O. The number of fused-ring (bicyclic) bond motifs is 1. The van der Waals surface area contributed by atoms with E-state index in [2.05, 4.69) is 10.3 Å². The van der Waals surface area contributed by atoms with Crippen LogP contribution in [0, 0.1) is 0 Å². The number of carbonyl (C=O) groups is 2. The van der Waals surface area contributed by atoms with E-state index in [0.717, 1.165) is 5.52 Å². The highest BCUT2D eigenvalue weighted by molar-refractivity contribution is 5.96. The molecule has 0 saturated heterocycles. The molecule has 0 saturated carbocycles. The molecule has 2 aromatic heterocycles. The molecule has 100 valence electrons.